The van der Waals surface area contributed by atoms with Crippen LogP contribution in [0.1, 0.15) is 12.0 Å². The minimum atomic E-state index is -10.1. The third kappa shape index (κ3) is 4.32. The standard InChI is InChI=1S/C17H14F8O5S/c18-17(19,20)15-10(16(26)30-13-7-28-12-3-4-27-14(12)13)6-8-5-9(1-2-11(8)29-15)31(21,22,23,24)25/h1-2,5-6,12-15H,3-4,7H2. The zero-order valence-electron chi connectivity index (χ0n) is 15.2. The van der Waals surface area contributed by atoms with Gasteiger partial charge in [-0.25, -0.2) is 4.79 Å². The van der Waals surface area contributed by atoms with Crippen LogP contribution in [0.4, 0.5) is 32.6 Å². The topological polar surface area (TPSA) is 54.0 Å². The van der Waals surface area contributed by atoms with Crippen molar-refractivity contribution in [3.8, 4) is 5.75 Å². The molecule has 174 valence electrons. The molecule has 1 aromatic rings. The molecule has 0 amide bonds. The number of hydrogen-bond donors (Lipinski definition) is 0. The summed E-state index contributed by atoms with van der Waals surface area (Å²) < 4.78 is 126. The molecule has 3 heterocycles. The number of halogens is 8. The lowest BCUT2D eigenvalue weighted by atomic mass is 10.0. The van der Waals surface area contributed by atoms with Gasteiger partial charge >= 0.3 is 22.4 Å². The van der Waals surface area contributed by atoms with Crippen molar-refractivity contribution in [3.63, 3.8) is 0 Å². The van der Waals surface area contributed by atoms with Crippen molar-refractivity contribution >= 4 is 22.3 Å². The molecule has 0 N–H and O–H groups in total. The lowest BCUT2D eigenvalue weighted by Crippen LogP contribution is -2.42. The summed E-state index contributed by atoms with van der Waals surface area (Å²) in [5, 5.41) is 0. The molecule has 3 aliphatic rings. The van der Waals surface area contributed by atoms with Crippen LogP contribution in [-0.4, -0.2) is 49.8 Å². The quantitative estimate of drug-likeness (QED) is 0.441. The Morgan fingerprint density at radius 1 is 1.10 bits per heavy atom. The van der Waals surface area contributed by atoms with Crippen LogP contribution in [0.15, 0.2) is 28.7 Å². The first kappa shape index (κ1) is 22.1. The Kier molecular flexibility index (Phi) is 4.47. The Morgan fingerprint density at radius 3 is 2.45 bits per heavy atom. The average Bonchev–Trinajstić information content (AvgIpc) is 3.22. The molecule has 2 fully saturated rings. The van der Waals surface area contributed by atoms with Gasteiger partial charge in [-0.1, -0.05) is 19.4 Å². The van der Waals surface area contributed by atoms with Gasteiger partial charge in [0.05, 0.1) is 18.3 Å². The molecule has 14 heteroatoms. The van der Waals surface area contributed by atoms with Crippen molar-refractivity contribution in [1.29, 1.82) is 0 Å². The van der Waals surface area contributed by atoms with E-state index in [1.54, 1.807) is 0 Å². The smallest absolute Gasteiger partial charge is 0.430 e. The molecule has 0 aromatic heterocycles. The van der Waals surface area contributed by atoms with E-state index in [1.165, 1.54) is 0 Å². The molecule has 0 radical (unpaired) electrons. The third-order valence-electron chi connectivity index (χ3n) is 4.98. The Balaban J connectivity index is 1.69. The Morgan fingerprint density at radius 2 is 1.81 bits per heavy atom. The van der Waals surface area contributed by atoms with Crippen LogP contribution in [0.3, 0.4) is 0 Å². The van der Waals surface area contributed by atoms with Crippen molar-refractivity contribution in [1.82, 2.24) is 0 Å². The molecule has 0 saturated carbocycles. The Bertz CT molecular complexity index is 958. The van der Waals surface area contributed by atoms with E-state index in [0.717, 1.165) is 0 Å². The summed E-state index contributed by atoms with van der Waals surface area (Å²) in [6.45, 7) is 0.155. The number of carbonyl (C=O) groups excluding carboxylic acids is 1. The molecule has 1 aromatic carbocycles. The van der Waals surface area contributed by atoms with Gasteiger partial charge < -0.3 is 18.9 Å². The number of fused-ring (bicyclic) bond motifs is 2. The van der Waals surface area contributed by atoms with Gasteiger partial charge in [-0.2, -0.15) is 13.2 Å². The van der Waals surface area contributed by atoms with E-state index in [0.29, 0.717) is 25.2 Å². The summed E-state index contributed by atoms with van der Waals surface area (Å²) in [6, 6.07) is 0.214. The molecular weight excluding hydrogens is 468 g/mol. The lowest BCUT2D eigenvalue weighted by Gasteiger charge is -2.41. The highest BCUT2D eigenvalue weighted by molar-refractivity contribution is 8.45. The highest BCUT2D eigenvalue weighted by Gasteiger charge is 2.65. The van der Waals surface area contributed by atoms with E-state index < -0.39 is 68.6 Å². The fourth-order valence-electron chi connectivity index (χ4n) is 3.57. The van der Waals surface area contributed by atoms with Crippen molar-refractivity contribution in [2.75, 3.05) is 13.2 Å². The first-order valence-corrected chi connectivity index (χ1v) is 10.8. The van der Waals surface area contributed by atoms with Crippen LogP contribution < -0.4 is 4.74 Å². The molecular formula is C17H14F8O5S. The summed E-state index contributed by atoms with van der Waals surface area (Å²) in [6.07, 6.45) is -9.21. The SMILES string of the molecule is O=C(OC1COC2CCOC21)C1=Cc2cc(S(F)(F)(F)(F)F)ccc2OC1C(F)(F)F. The fourth-order valence-corrected chi connectivity index (χ4v) is 4.24. The summed E-state index contributed by atoms with van der Waals surface area (Å²) in [4.78, 5) is 10.1. The Hall–Kier alpha value is -2.06. The molecule has 4 unspecified atom stereocenters. The number of rotatable bonds is 3. The second-order valence-corrected chi connectivity index (χ2v) is 9.66. The highest BCUT2D eigenvalue weighted by Crippen LogP contribution is 3.02. The maximum atomic E-state index is 13.4. The molecule has 0 aliphatic carbocycles. The zero-order valence-corrected chi connectivity index (χ0v) is 16.0. The van der Waals surface area contributed by atoms with E-state index in [1.807, 2.05) is 0 Å². The molecule has 0 bridgehead atoms. The van der Waals surface area contributed by atoms with Crippen LogP contribution in [-0.2, 0) is 19.0 Å². The second-order valence-electron chi connectivity index (χ2n) is 7.25. The fraction of sp³-hybridized carbons (Fsp3) is 0.471. The molecule has 0 spiro atoms. The van der Waals surface area contributed by atoms with Gasteiger partial charge in [-0.15, -0.1) is 0 Å². The van der Waals surface area contributed by atoms with E-state index in [2.05, 4.69) is 4.74 Å². The minimum absolute atomic E-state index is 0.0639. The largest absolute Gasteiger partial charge is 0.475 e. The van der Waals surface area contributed by atoms with Crippen LogP contribution in [0, 0.1) is 0 Å². The van der Waals surface area contributed by atoms with Gasteiger partial charge in [0.1, 0.15) is 16.7 Å². The normalized spacial score (nSPS) is 30.4. The van der Waals surface area contributed by atoms with Crippen molar-refractivity contribution < 1.29 is 56.3 Å². The second kappa shape index (κ2) is 6.25. The van der Waals surface area contributed by atoms with Gasteiger partial charge in [0.25, 0.3) is 0 Å². The zero-order chi connectivity index (χ0) is 22.9. The summed E-state index contributed by atoms with van der Waals surface area (Å²) in [5.41, 5.74) is -1.95. The molecule has 4 atom stereocenters. The molecule has 5 nitrogen and oxygen atoms in total. The minimum Gasteiger partial charge on any atom is -0.475 e. The highest BCUT2D eigenvalue weighted by atomic mass is 32.5. The van der Waals surface area contributed by atoms with E-state index in [9.17, 15) is 37.4 Å². The van der Waals surface area contributed by atoms with E-state index in [-0.39, 0.29) is 18.7 Å². The van der Waals surface area contributed by atoms with E-state index in [4.69, 9.17) is 14.2 Å². The molecule has 2 saturated heterocycles. The third-order valence-corrected chi connectivity index (χ3v) is 6.12. The monoisotopic (exact) mass is 482 g/mol. The summed E-state index contributed by atoms with van der Waals surface area (Å²) >= 11 is 0. The summed E-state index contributed by atoms with van der Waals surface area (Å²) in [5.74, 6) is -2.27. The Labute approximate surface area is 169 Å². The number of ether oxygens (including phenoxy) is 4. The molecule has 4 rings (SSSR count). The van der Waals surface area contributed by atoms with Crippen LogP contribution in [0.2, 0.25) is 0 Å². The number of alkyl halides is 3. The van der Waals surface area contributed by atoms with Gasteiger partial charge in [0.2, 0.25) is 6.10 Å². The van der Waals surface area contributed by atoms with E-state index >= 15 is 0 Å². The lowest BCUT2D eigenvalue weighted by molar-refractivity contribution is -0.189. The van der Waals surface area contributed by atoms with Gasteiger partial charge in [-0.05, 0) is 30.7 Å². The van der Waals surface area contributed by atoms with Gasteiger partial charge in [0.15, 0.2) is 6.10 Å². The maximum Gasteiger partial charge on any atom is 0.430 e. The van der Waals surface area contributed by atoms with Crippen LogP contribution in [0.5, 0.6) is 5.75 Å². The van der Waals surface area contributed by atoms with Crippen molar-refractivity contribution in [2.45, 2.75) is 41.9 Å². The van der Waals surface area contributed by atoms with Crippen molar-refractivity contribution in [2.24, 2.45) is 0 Å². The predicted molar refractivity (Wildman–Crippen MR) is 90.3 cm³/mol. The maximum absolute atomic E-state index is 13.4. The first-order valence-electron chi connectivity index (χ1n) is 8.80. The number of esters is 1. The molecule has 3 aliphatic heterocycles. The summed E-state index contributed by atoms with van der Waals surface area (Å²) in [7, 11) is -10.1. The predicted octanol–water partition coefficient (Wildman–Crippen LogP) is 5.15. The first-order chi connectivity index (χ1) is 14.0. The average molecular weight is 482 g/mol. The van der Waals surface area contributed by atoms with Crippen LogP contribution in [0.25, 0.3) is 6.08 Å². The van der Waals surface area contributed by atoms with Crippen molar-refractivity contribution in [3.05, 3.63) is 29.3 Å². The van der Waals surface area contributed by atoms with Gasteiger partial charge in [-0.3, -0.25) is 0 Å². The van der Waals surface area contributed by atoms with Crippen LogP contribution >= 0.6 is 10.2 Å². The van der Waals surface area contributed by atoms with Gasteiger partial charge in [0, 0.05) is 12.2 Å². The number of hydrogen-bond acceptors (Lipinski definition) is 5. The number of carbonyl (C=O) groups is 1. The number of benzene rings is 1. The molecule has 31 heavy (non-hydrogen) atoms.